The molecule has 23 heavy (non-hydrogen) atoms. The summed E-state index contributed by atoms with van der Waals surface area (Å²) in [5, 5.41) is 0. The van der Waals surface area contributed by atoms with Gasteiger partial charge in [0.15, 0.2) is 11.6 Å². The zero-order chi connectivity index (χ0) is 17.2. The number of ketones is 2. The maximum atomic E-state index is 12.7. The molecule has 4 nitrogen and oxygen atoms in total. The predicted octanol–water partition coefficient (Wildman–Crippen LogP) is 3.22. The van der Waals surface area contributed by atoms with Gasteiger partial charge >= 0.3 is 5.97 Å². The van der Waals surface area contributed by atoms with Crippen LogP contribution in [-0.2, 0) is 19.1 Å². The fourth-order valence-corrected chi connectivity index (χ4v) is 2.86. The highest BCUT2D eigenvalue weighted by Crippen LogP contribution is 2.38. The topological polar surface area (TPSA) is 60.4 Å². The third-order valence-corrected chi connectivity index (χ3v) is 3.77. The minimum absolute atomic E-state index is 0.135. The number of benzene rings is 1. The highest BCUT2D eigenvalue weighted by atomic mass is 16.6. The van der Waals surface area contributed by atoms with E-state index in [1.165, 1.54) is 13.0 Å². The predicted molar refractivity (Wildman–Crippen MR) is 86.9 cm³/mol. The van der Waals surface area contributed by atoms with Gasteiger partial charge in [0.05, 0.1) is 5.92 Å². The minimum Gasteiger partial charge on any atom is -0.459 e. The number of hydrogen-bond donors (Lipinski definition) is 0. The van der Waals surface area contributed by atoms with Gasteiger partial charge in [0.25, 0.3) is 0 Å². The van der Waals surface area contributed by atoms with E-state index in [9.17, 15) is 14.4 Å². The van der Waals surface area contributed by atoms with Crippen LogP contribution < -0.4 is 0 Å². The maximum Gasteiger partial charge on any atom is 0.314 e. The number of esters is 1. The molecular weight excluding hydrogens is 292 g/mol. The van der Waals surface area contributed by atoms with Crippen molar-refractivity contribution >= 4 is 17.5 Å². The van der Waals surface area contributed by atoms with Gasteiger partial charge in [-0.05, 0) is 39.3 Å². The largest absolute Gasteiger partial charge is 0.459 e. The van der Waals surface area contributed by atoms with Gasteiger partial charge in [-0.15, -0.1) is 0 Å². The summed E-state index contributed by atoms with van der Waals surface area (Å²) in [6, 6.07) is 9.34. The van der Waals surface area contributed by atoms with E-state index >= 15 is 0 Å². The van der Waals surface area contributed by atoms with E-state index in [1.54, 1.807) is 20.8 Å². The summed E-state index contributed by atoms with van der Waals surface area (Å²) in [4.78, 5) is 36.7. The number of allylic oxidation sites excluding steroid dienone is 1. The summed E-state index contributed by atoms with van der Waals surface area (Å²) >= 11 is 0. The lowest BCUT2D eigenvalue weighted by molar-refractivity contribution is -0.160. The van der Waals surface area contributed by atoms with Crippen LogP contribution in [0.15, 0.2) is 42.0 Å². The Kier molecular flexibility index (Phi) is 4.83. The third kappa shape index (κ3) is 4.15. The van der Waals surface area contributed by atoms with Crippen molar-refractivity contribution in [2.75, 3.05) is 0 Å². The molecule has 0 heterocycles. The molecular formula is C19H22O4. The van der Waals surface area contributed by atoms with E-state index in [0.29, 0.717) is 0 Å². The molecule has 1 aliphatic rings. The second kappa shape index (κ2) is 6.49. The Morgan fingerprint density at radius 3 is 2.26 bits per heavy atom. The summed E-state index contributed by atoms with van der Waals surface area (Å²) in [6.07, 6.45) is 1.50. The Hall–Kier alpha value is -2.23. The van der Waals surface area contributed by atoms with E-state index in [2.05, 4.69) is 0 Å². The SMILES string of the molecule is CC(=O)C1=CC(=O)CC(c2ccccc2)C1C(=O)OC(C)(C)C. The third-order valence-electron chi connectivity index (χ3n) is 3.77. The first-order chi connectivity index (χ1) is 10.7. The van der Waals surface area contributed by atoms with Crippen molar-refractivity contribution in [1.29, 1.82) is 0 Å². The van der Waals surface area contributed by atoms with Crippen molar-refractivity contribution in [3.8, 4) is 0 Å². The van der Waals surface area contributed by atoms with Crippen LogP contribution in [0.25, 0.3) is 0 Å². The Morgan fingerprint density at radius 2 is 1.74 bits per heavy atom. The van der Waals surface area contributed by atoms with Gasteiger partial charge in [-0.1, -0.05) is 30.3 Å². The smallest absolute Gasteiger partial charge is 0.314 e. The van der Waals surface area contributed by atoms with E-state index in [4.69, 9.17) is 4.74 Å². The van der Waals surface area contributed by atoms with Gasteiger partial charge in [-0.3, -0.25) is 14.4 Å². The van der Waals surface area contributed by atoms with E-state index < -0.39 is 17.5 Å². The first-order valence-corrected chi connectivity index (χ1v) is 7.72. The monoisotopic (exact) mass is 314 g/mol. The fourth-order valence-electron chi connectivity index (χ4n) is 2.86. The van der Waals surface area contributed by atoms with Crippen molar-refractivity contribution in [1.82, 2.24) is 0 Å². The van der Waals surface area contributed by atoms with Crippen molar-refractivity contribution in [3.63, 3.8) is 0 Å². The lowest BCUT2D eigenvalue weighted by atomic mass is 9.73. The van der Waals surface area contributed by atoms with Crippen LogP contribution in [0.3, 0.4) is 0 Å². The van der Waals surface area contributed by atoms with E-state index in [0.717, 1.165) is 5.56 Å². The van der Waals surface area contributed by atoms with Gasteiger partial charge in [0.2, 0.25) is 0 Å². The molecule has 1 aliphatic carbocycles. The zero-order valence-electron chi connectivity index (χ0n) is 14.0. The molecule has 0 aromatic heterocycles. The first kappa shape index (κ1) is 17.1. The molecule has 0 spiro atoms. The lowest BCUT2D eigenvalue weighted by Crippen LogP contribution is -2.37. The van der Waals surface area contributed by atoms with Gasteiger partial charge in [-0.2, -0.15) is 0 Å². The molecule has 0 radical (unpaired) electrons. The fraction of sp³-hybridized carbons (Fsp3) is 0.421. The summed E-state index contributed by atoms with van der Waals surface area (Å²) in [7, 11) is 0. The zero-order valence-corrected chi connectivity index (χ0v) is 14.0. The molecule has 2 atom stereocenters. The molecule has 122 valence electrons. The van der Waals surface area contributed by atoms with Gasteiger partial charge < -0.3 is 4.74 Å². The van der Waals surface area contributed by atoms with Crippen molar-refractivity contribution < 1.29 is 19.1 Å². The number of carbonyl (C=O) groups is 3. The highest BCUT2D eigenvalue weighted by molar-refractivity contribution is 6.07. The first-order valence-electron chi connectivity index (χ1n) is 7.72. The average molecular weight is 314 g/mol. The molecule has 0 amide bonds. The molecule has 4 heteroatoms. The van der Waals surface area contributed by atoms with Crippen LogP contribution in [0.4, 0.5) is 0 Å². The number of hydrogen-bond acceptors (Lipinski definition) is 4. The van der Waals surface area contributed by atoms with Crippen LogP contribution in [-0.4, -0.2) is 23.1 Å². The Labute approximate surface area is 136 Å². The van der Waals surface area contributed by atoms with E-state index in [-0.39, 0.29) is 29.5 Å². The summed E-state index contributed by atoms with van der Waals surface area (Å²) in [5.41, 5.74) is 0.453. The Morgan fingerprint density at radius 1 is 1.13 bits per heavy atom. The summed E-state index contributed by atoms with van der Waals surface area (Å²) < 4.78 is 5.50. The van der Waals surface area contributed by atoms with E-state index in [1.807, 2.05) is 30.3 Å². The lowest BCUT2D eigenvalue weighted by Gasteiger charge is -2.32. The highest BCUT2D eigenvalue weighted by Gasteiger charge is 2.41. The molecule has 0 fully saturated rings. The standard InChI is InChI=1S/C19H22O4/c1-12(20)15-10-14(21)11-16(13-8-6-5-7-9-13)17(15)18(22)23-19(2,3)4/h5-10,16-17H,11H2,1-4H3. The Bertz CT molecular complexity index is 650. The molecule has 1 aromatic rings. The van der Waals surface area contributed by atoms with Gasteiger partial charge in [-0.25, -0.2) is 0 Å². The van der Waals surface area contributed by atoms with Crippen LogP contribution in [0, 0.1) is 5.92 Å². The van der Waals surface area contributed by atoms with Crippen LogP contribution >= 0.6 is 0 Å². The molecule has 0 saturated carbocycles. The molecule has 1 aromatic carbocycles. The summed E-state index contributed by atoms with van der Waals surface area (Å²) in [6.45, 7) is 6.73. The molecule has 0 N–H and O–H groups in total. The van der Waals surface area contributed by atoms with Crippen molar-refractivity contribution in [3.05, 3.63) is 47.5 Å². The second-order valence-electron chi connectivity index (χ2n) is 6.85. The molecule has 0 aliphatic heterocycles. The van der Waals surface area contributed by atoms with Gasteiger partial charge in [0, 0.05) is 17.9 Å². The van der Waals surface area contributed by atoms with Crippen LogP contribution in [0.5, 0.6) is 0 Å². The quantitative estimate of drug-likeness (QED) is 0.804. The molecule has 0 saturated heterocycles. The number of Topliss-reactive ketones (excluding diaryl/α,β-unsaturated/α-hetero) is 1. The normalized spacial score (nSPS) is 21.6. The Balaban J connectivity index is 2.47. The van der Waals surface area contributed by atoms with Crippen molar-refractivity contribution in [2.24, 2.45) is 5.92 Å². The number of ether oxygens (including phenoxy) is 1. The molecule has 0 bridgehead atoms. The average Bonchev–Trinajstić information content (AvgIpc) is 2.45. The van der Waals surface area contributed by atoms with Gasteiger partial charge in [0.1, 0.15) is 5.60 Å². The minimum atomic E-state index is -0.744. The van der Waals surface area contributed by atoms with Crippen LogP contribution in [0.1, 0.15) is 45.6 Å². The molecule has 2 unspecified atom stereocenters. The van der Waals surface area contributed by atoms with Crippen LogP contribution in [0.2, 0.25) is 0 Å². The molecule has 2 rings (SSSR count). The number of carbonyl (C=O) groups excluding carboxylic acids is 3. The second-order valence-corrected chi connectivity index (χ2v) is 6.85. The van der Waals surface area contributed by atoms with Crippen molar-refractivity contribution in [2.45, 2.75) is 45.6 Å². The number of rotatable bonds is 3. The maximum absolute atomic E-state index is 12.7. The summed E-state index contributed by atoms with van der Waals surface area (Å²) in [5.74, 6) is -1.98.